The minimum absolute atomic E-state index is 0.00201. The fraction of sp³-hybridized carbons (Fsp3) is 0.421. The lowest BCUT2D eigenvalue weighted by Crippen LogP contribution is -2.45. The molecule has 0 amide bonds. The van der Waals surface area contributed by atoms with Crippen LogP contribution >= 0.6 is 0 Å². The summed E-state index contributed by atoms with van der Waals surface area (Å²) in [6.07, 6.45) is 2.39. The predicted molar refractivity (Wildman–Crippen MR) is 100 cm³/mol. The van der Waals surface area contributed by atoms with Gasteiger partial charge in [-0.25, -0.2) is 4.98 Å². The molecule has 0 aliphatic carbocycles. The van der Waals surface area contributed by atoms with E-state index in [-0.39, 0.29) is 12.5 Å². The average molecular weight is 359 g/mol. The van der Waals surface area contributed by atoms with Gasteiger partial charge >= 0.3 is 5.97 Å². The highest BCUT2D eigenvalue weighted by Gasteiger charge is 2.22. The van der Waals surface area contributed by atoms with Gasteiger partial charge in [-0.15, -0.1) is 0 Å². The van der Waals surface area contributed by atoms with E-state index in [2.05, 4.69) is 27.4 Å². The molecule has 1 unspecified atom stereocenters. The molecular weight excluding hydrogens is 332 g/mol. The van der Waals surface area contributed by atoms with Crippen LogP contribution in [0.5, 0.6) is 5.88 Å². The van der Waals surface area contributed by atoms with Crippen LogP contribution in [-0.2, 0) is 11.2 Å². The van der Waals surface area contributed by atoms with Crippen LogP contribution in [0.2, 0.25) is 0 Å². The molecule has 0 aliphatic rings. The molecule has 2 N–H and O–H groups in total. The molecule has 2 aromatic rings. The topological polar surface area (TPSA) is 84.3 Å². The number of benzene rings is 1. The SMILES string of the molecule is C[N+](C)(C)CC(CC(=O)O)Nc1nccc(OCCc2ccccc2)n1. The number of rotatable bonds is 10. The summed E-state index contributed by atoms with van der Waals surface area (Å²) in [4.78, 5) is 19.6. The third kappa shape index (κ3) is 7.48. The van der Waals surface area contributed by atoms with Crippen molar-refractivity contribution in [2.24, 2.45) is 0 Å². The summed E-state index contributed by atoms with van der Waals surface area (Å²) in [7, 11) is 6.04. The lowest BCUT2D eigenvalue weighted by molar-refractivity contribution is -0.870. The van der Waals surface area contributed by atoms with Crippen molar-refractivity contribution in [2.75, 3.05) is 39.6 Å². The van der Waals surface area contributed by atoms with Crippen LogP contribution in [0, 0.1) is 0 Å². The van der Waals surface area contributed by atoms with Gasteiger partial charge in [0.2, 0.25) is 11.8 Å². The van der Waals surface area contributed by atoms with Gasteiger partial charge in [0.1, 0.15) is 0 Å². The van der Waals surface area contributed by atoms with Crippen molar-refractivity contribution in [3.05, 3.63) is 48.2 Å². The standard InChI is InChI=1S/C19H26N4O3/c1-23(2,3)14-16(13-18(24)25)21-19-20-11-9-17(22-19)26-12-10-15-7-5-4-6-8-15/h4-9,11,16H,10,12-14H2,1-3H3,(H-,20,21,22,24,25)/p+1. The number of carboxylic acids is 1. The number of nitrogens with one attached hydrogen (secondary N) is 1. The van der Waals surface area contributed by atoms with E-state index in [0.29, 0.717) is 29.5 Å². The molecule has 7 nitrogen and oxygen atoms in total. The molecule has 0 radical (unpaired) electrons. The lowest BCUT2D eigenvalue weighted by atomic mass is 10.2. The Kier molecular flexibility index (Phi) is 6.91. The van der Waals surface area contributed by atoms with Gasteiger partial charge in [0.25, 0.3) is 0 Å². The fourth-order valence-electron chi connectivity index (χ4n) is 2.63. The molecule has 1 aromatic heterocycles. The Labute approximate surface area is 154 Å². The third-order valence-corrected chi connectivity index (χ3v) is 3.64. The average Bonchev–Trinajstić information content (AvgIpc) is 2.54. The maximum atomic E-state index is 11.1. The number of hydrogen-bond acceptors (Lipinski definition) is 5. The zero-order chi connectivity index (χ0) is 19.0. The number of anilines is 1. The third-order valence-electron chi connectivity index (χ3n) is 3.64. The Morgan fingerprint density at radius 1 is 1.23 bits per heavy atom. The molecule has 1 aromatic carbocycles. The Hall–Kier alpha value is -2.67. The molecule has 0 saturated heterocycles. The quantitative estimate of drug-likeness (QED) is 0.632. The summed E-state index contributed by atoms with van der Waals surface area (Å²) < 4.78 is 6.34. The lowest BCUT2D eigenvalue weighted by Gasteiger charge is -2.29. The molecule has 0 spiro atoms. The largest absolute Gasteiger partial charge is 0.481 e. The van der Waals surface area contributed by atoms with E-state index in [9.17, 15) is 4.79 Å². The monoisotopic (exact) mass is 359 g/mol. The normalized spacial score (nSPS) is 12.4. The Morgan fingerprint density at radius 3 is 2.62 bits per heavy atom. The molecular formula is C19H27N4O3+. The highest BCUT2D eigenvalue weighted by Crippen LogP contribution is 2.12. The summed E-state index contributed by atoms with van der Waals surface area (Å²) in [6.45, 7) is 1.15. The van der Waals surface area contributed by atoms with Crippen molar-refractivity contribution in [3.8, 4) is 5.88 Å². The molecule has 0 saturated carbocycles. The summed E-state index contributed by atoms with van der Waals surface area (Å²) >= 11 is 0. The fourth-order valence-corrected chi connectivity index (χ4v) is 2.63. The predicted octanol–water partition coefficient (Wildman–Crippen LogP) is 2.06. The number of carboxylic acid groups (broad SMARTS) is 1. The van der Waals surface area contributed by atoms with Gasteiger partial charge < -0.3 is 19.6 Å². The Morgan fingerprint density at radius 2 is 1.96 bits per heavy atom. The molecule has 0 bridgehead atoms. The summed E-state index contributed by atoms with van der Waals surface area (Å²) in [5, 5.41) is 12.2. The van der Waals surface area contributed by atoms with Crippen LogP contribution in [-0.4, -0.2) is 65.9 Å². The van der Waals surface area contributed by atoms with Crippen LogP contribution in [0.25, 0.3) is 0 Å². The number of nitrogens with zero attached hydrogens (tertiary/aromatic N) is 3. The van der Waals surface area contributed by atoms with Crippen LogP contribution in [0.3, 0.4) is 0 Å². The number of ether oxygens (including phenoxy) is 1. The van der Waals surface area contributed by atoms with Crippen molar-refractivity contribution in [2.45, 2.75) is 18.9 Å². The van der Waals surface area contributed by atoms with Crippen molar-refractivity contribution in [1.82, 2.24) is 9.97 Å². The van der Waals surface area contributed by atoms with Crippen LogP contribution in [0.4, 0.5) is 5.95 Å². The van der Waals surface area contributed by atoms with Crippen LogP contribution in [0.1, 0.15) is 12.0 Å². The zero-order valence-corrected chi connectivity index (χ0v) is 15.6. The molecule has 1 atom stereocenters. The minimum Gasteiger partial charge on any atom is -0.481 e. The zero-order valence-electron chi connectivity index (χ0n) is 15.6. The van der Waals surface area contributed by atoms with Crippen LogP contribution in [0.15, 0.2) is 42.6 Å². The number of hydrogen-bond donors (Lipinski definition) is 2. The van der Waals surface area contributed by atoms with E-state index in [1.165, 1.54) is 5.56 Å². The van der Waals surface area contributed by atoms with E-state index < -0.39 is 5.97 Å². The Balaban J connectivity index is 1.94. The second-order valence-electron chi connectivity index (χ2n) is 7.21. The first kappa shape index (κ1) is 19.7. The number of carbonyl (C=O) groups is 1. The summed E-state index contributed by atoms with van der Waals surface area (Å²) in [6, 6.07) is 11.5. The maximum Gasteiger partial charge on any atom is 0.305 e. The summed E-state index contributed by atoms with van der Waals surface area (Å²) in [5.41, 5.74) is 1.20. The smallest absolute Gasteiger partial charge is 0.305 e. The second-order valence-corrected chi connectivity index (χ2v) is 7.21. The van der Waals surface area contributed by atoms with Gasteiger partial charge in [-0.05, 0) is 5.56 Å². The van der Waals surface area contributed by atoms with Crippen molar-refractivity contribution >= 4 is 11.9 Å². The van der Waals surface area contributed by atoms with Gasteiger partial charge in [0.15, 0.2) is 0 Å². The van der Waals surface area contributed by atoms with E-state index in [1.807, 2.05) is 39.3 Å². The molecule has 0 aliphatic heterocycles. The first-order valence-corrected chi connectivity index (χ1v) is 8.60. The first-order chi connectivity index (χ1) is 12.3. The van der Waals surface area contributed by atoms with Gasteiger partial charge in [0, 0.05) is 18.7 Å². The maximum absolute atomic E-state index is 11.1. The van der Waals surface area contributed by atoms with Gasteiger partial charge in [0.05, 0.1) is 46.8 Å². The number of aliphatic carboxylic acids is 1. The highest BCUT2D eigenvalue weighted by molar-refractivity contribution is 5.68. The second kappa shape index (κ2) is 9.15. The van der Waals surface area contributed by atoms with Crippen LogP contribution < -0.4 is 10.1 Å². The number of quaternary nitrogens is 1. The van der Waals surface area contributed by atoms with E-state index in [4.69, 9.17) is 9.84 Å². The first-order valence-electron chi connectivity index (χ1n) is 8.60. The van der Waals surface area contributed by atoms with E-state index in [0.717, 1.165) is 6.42 Å². The minimum atomic E-state index is -0.855. The van der Waals surface area contributed by atoms with E-state index in [1.54, 1.807) is 12.3 Å². The van der Waals surface area contributed by atoms with E-state index >= 15 is 0 Å². The molecule has 7 heteroatoms. The summed E-state index contributed by atoms with van der Waals surface area (Å²) in [5.74, 6) is -0.00844. The van der Waals surface area contributed by atoms with Gasteiger partial charge in [-0.3, -0.25) is 4.79 Å². The molecule has 26 heavy (non-hydrogen) atoms. The van der Waals surface area contributed by atoms with Crippen molar-refractivity contribution in [3.63, 3.8) is 0 Å². The molecule has 1 heterocycles. The molecule has 0 fully saturated rings. The molecule has 140 valence electrons. The van der Waals surface area contributed by atoms with Crippen molar-refractivity contribution < 1.29 is 19.1 Å². The Bertz CT molecular complexity index is 701. The highest BCUT2D eigenvalue weighted by atomic mass is 16.5. The number of aromatic nitrogens is 2. The number of likely N-dealkylation sites (N-methyl/N-ethyl adjacent to an activating group) is 1. The molecule has 2 rings (SSSR count). The van der Waals surface area contributed by atoms with Gasteiger partial charge in [-0.1, -0.05) is 30.3 Å². The van der Waals surface area contributed by atoms with Gasteiger partial charge in [-0.2, -0.15) is 4.98 Å². The van der Waals surface area contributed by atoms with Crippen molar-refractivity contribution in [1.29, 1.82) is 0 Å².